The quantitative estimate of drug-likeness (QED) is 0.309. The first-order chi connectivity index (χ1) is 8.74. The molecule has 0 rings (SSSR count). The highest BCUT2D eigenvalue weighted by molar-refractivity contribution is 6.17. The Labute approximate surface area is 116 Å². The van der Waals surface area contributed by atoms with E-state index in [1.165, 1.54) is 0 Å². The van der Waals surface area contributed by atoms with Gasteiger partial charge in [0.1, 0.15) is 6.29 Å². The molecule has 0 amide bonds. The zero-order chi connectivity index (χ0) is 13.6. The van der Waals surface area contributed by atoms with Crippen LogP contribution in [0.4, 0.5) is 0 Å². The maximum Gasteiger partial charge on any atom is 0.123 e. The first kappa shape index (κ1) is 17.9. The van der Waals surface area contributed by atoms with Crippen LogP contribution in [0.25, 0.3) is 0 Å². The summed E-state index contributed by atoms with van der Waals surface area (Å²) in [7, 11) is 0. The second-order valence-corrected chi connectivity index (χ2v) is 5.33. The van der Waals surface area contributed by atoms with Crippen molar-refractivity contribution in [1.29, 1.82) is 0 Å². The van der Waals surface area contributed by atoms with E-state index in [-0.39, 0.29) is 12.0 Å². The molecule has 0 aromatic heterocycles. The smallest absolute Gasteiger partial charge is 0.123 e. The van der Waals surface area contributed by atoms with E-state index in [1.807, 2.05) is 0 Å². The number of aliphatic hydroxyl groups excluding tert-OH is 1. The third-order valence-electron chi connectivity index (χ3n) is 3.26. The summed E-state index contributed by atoms with van der Waals surface area (Å²) in [4.78, 5) is 10.8. The number of hydrogen-bond acceptors (Lipinski definition) is 3. The molecule has 0 aliphatic heterocycles. The Kier molecular flexibility index (Phi) is 13.2. The van der Waals surface area contributed by atoms with Crippen LogP contribution in [-0.2, 0) is 4.79 Å². The number of alkyl halides is 1. The summed E-state index contributed by atoms with van der Waals surface area (Å²) in [5.41, 5.74) is 5.37. The topological polar surface area (TPSA) is 63.3 Å². The summed E-state index contributed by atoms with van der Waals surface area (Å²) in [5, 5.41) is 9.49. The fourth-order valence-electron chi connectivity index (χ4n) is 2.10. The van der Waals surface area contributed by atoms with Gasteiger partial charge in [-0.3, -0.25) is 0 Å². The highest BCUT2D eigenvalue weighted by atomic mass is 35.5. The summed E-state index contributed by atoms with van der Waals surface area (Å²) in [6, 6.07) is 0. The van der Waals surface area contributed by atoms with E-state index in [0.717, 1.165) is 57.7 Å². The maximum absolute atomic E-state index is 10.8. The molecule has 3 N–H and O–H groups in total. The minimum absolute atomic E-state index is 0.187. The number of aliphatic hydroxyl groups is 1. The molecule has 0 fully saturated rings. The van der Waals surface area contributed by atoms with E-state index in [9.17, 15) is 9.90 Å². The summed E-state index contributed by atoms with van der Waals surface area (Å²) in [5.74, 6) is 0.829. The lowest BCUT2D eigenvalue weighted by molar-refractivity contribution is -0.111. The van der Waals surface area contributed by atoms with Crippen LogP contribution in [0.15, 0.2) is 0 Å². The number of aldehydes is 1. The summed E-state index contributed by atoms with van der Waals surface area (Å²) < 4.78 is 0. The number of rotatable bonds is 13. The first-order valence-corrected chi connectivity index (χ1v) is 7.67. The summed E-state index contributed by atoms with van der Waals surface area (Å²) in [6.45, 7) is 0.558. The molecule has 0 bridgehead atoms. The minimum Gasteiger partial charge on any atom is -0.393 e. The van der Waals surface area contributed by atoms with Crippen molar-refractivity contribution in [2.24, 2.45) is 11.7 Å². The molecule has 4 heteroatoms. The van der Waals surface area contributed by atoms with Crippen molar-refractivity contribution < 1.29 is 9.90 Å². The summed E-state index contributed by atoms with van der Waals surface area (Å²) >= 11 is 5.61. The van der Waals surface area contributed by atoms with Crippen molar-refractivity contribution in [3.8, 4) is 0 Å². The van der Waals surface area contributed by atoms with Crippen LogP contribution in [0.2, 0.25) is 0 Å². The Morgan fingerprint density at radius 2 is 1.61 bits per heavy atom. The number of carbonyl (C=O) groups excluding carboxylic acids is 1. The largest absolute Gasteiger partial charge is 0.393 e. The van der Waals surface area contributed by atoms with Crippen molar-refractivity contribution in [3.05, 3.63) is 0 Å². The van der Waals surface area contributed by atoms with Gasteiger partial charge in [0.25, 0.3) is 0 Å². The van der Waals surface area contributed by atoms with Crippen molar-refractivity contribution in [2.75, 3.05) is 12.4 Å². The normalized spacial score (nSPS) is 14.4. The molecular formula is C14H28ClNO2. The van der Waals surface area contributed by atoms with E-state index in [2.05, 4.69) is 0 Å². The molecule has 18 heavy (non-hydrogen) atoms. The maximum atomic E-state index is 10.8. The minimum atomic E-state index is -0.235. The molecule has 0 aromatic carbocycles. The molecule has 0 aliphatic rings. The van der Waals surface area contributed by atoms with Gasteiger partial charge in [-0.1, -0.05) is 25.7 Å². The molecule has 0 heterocycles. The second kappa shape index (κ2) is 13.3. The van der Waals surface area contributed by atoms with Crippen LogP contribution in [0.1, 0.15) is 57.8 Å². The van der Waals surface area contributed by atoms with Crippen molar-refractivity contribution >= 4 is 17.9 Å². The lowest BCUT2D eigenvalue weighted by Gasteiger charge is -2.10. The van der Waals surface area contributed by atoms with Crippen LogP contribution >= 0.6 is 11.6 Å². The first-order valence-electron chi connectivity index (χ1n) is 7.14. The predicted octanol–water partition coefficient (Wildman–Crippen LogP) is 2.87. The van der Waals surface area contributed by atoms with Gasteiger partial charge in [0, 0.05) is 11.8 Å². The highest BCUT2D eigenvalue weighted by Crippen LogP contribution is 2.15. The van der Waals surface area contributed by atoms with Crippen molar-refractivity contribution in [2.45, 2.75) is 63.9 Å². The fraction of sp³-hybridized carbons (Fsp3) is 0.929. The number of unbranched alkanes of at least 4 members (excludes halogenated alkanes) is 3. The zero-order valence-electron chi connectivity index (χ0n) is 11.3. The molecule has 1 unspecified atom stereocenters. The van der Waals surface area contributed by atoms with Crippen LogP contribution < -0.4 is 5.73 Å². The van der Waals surface area contributed by atoms with Gasteiger partial charge in [0.2, 0.25) is 0 Å². The Hall–Kier alpha value is -0.120. The van der Waals surface area contributed by atoms with Crippen LogP contribution in [0.3, 0.4) is 0 Å². The lowest BCUT2D eigenvalue weighted by atomic mass is 9.97. The molecule has 0 saturated heterocycles. The van der Waals surface area contributed by atoms with Gasteiger partial charge >= 0.3 is 0 Å². The average Bonchev–Trinajstić information content (AvgIpc) is 2.37. The molecule has 0 saturated carbocycles. The molecular weight excluding hydrogens is 250 g/mol. The number of hydrogen-bond donors (Lipinski definition) is 2. The second-order valence-electron chi connectivity index (χ2n) is 4.95. The Morgan fingerprint density at radius 1 is 1.00 bits per heavy atom. The van der Waals surface area contributed by atoms with Gasteiger partial charge in [-0.2, -0.15) is 0 Å². The molecule has 108 valence electrons. The van der Waals surface area contributed by atoms with Gasteiger partial charge in [-0.15, -0.1) is 11.6 Å². The van der Waals surface area contributed by atoms with E-state index in [4.69, 9.17) is 17.3 Å². The third kappa shape index (κ3) is 11.0. The fourth-order valence-corrected chi connectivity index (χ4v) is 2.25. The predicted molar refractivity (Wildman–Crippen MR) is 76.9 cm³/mol. The number of carbonyl (C=O) groups is 1. The molecule has 0 aliphatic carbocycles. The Bertz CT molecular complexity index is 191. The van der Waals surface area contributed by atoms with Crippen molar-refractivity contribution in [1.82, 2.24) is 0 Å². The van der Waals surface area contributed by atoms with Gasteiger partial charge in [0.15, 0.2) is 0 Å². The Balaban J connectivity index is 3.35. The average molecular weight is 278 g/mol. The SMILES string of the molecule is NCC[C@@H](O)CCCCCCC(C=O)CCCCl. The summed E-state index contributed by atoms with van der Waals surface area (Å²) in [6.07, 6.45) is 9.62. The van der Waals surface area contributed by atoms with Crippen LogP contribution in [0, 0.1) is 5.92 Å². The molecule has 3 nitrogen and oxygen atoms in total. The van der Waals surface area contributed by atoms with E-state index in [1.54, 1.807) is 0 Å². The van der Waals surface area contributed by atoms with Gasteiger partial charge < -0.3 is 15.6 Å². The van der Waals surface area contributed by atoms with Gasteiger partial charge in [0.05, 0.1) is 6.10 Å². The number of nitrogens with two attached hydrogens (primary N) is 1. The van der Waals surface area contributed by atoms with E-state index in [0.29, 0.717) is 18.8 Å². The van der Waals surface area contributed by atoms with Gasteiger partial charge in [-0.25, -0.2) is 0 Å². The zero-order valence-corrected chi connectivity index (χ0v) is 12.1. The standard InChI is InChI=1S/C14H28ClNO2/c15-10-5-7-13(12-17)6-3-1-2-4-8-14(18)9-11-16/h12-14,18H,1-11,16H2/t13?,14-/m0/s1. The highest BCUT2D eigenvalue weighted by Gasteiger charge is 2.06. The van der Waals surface area contributed by atoms with E-state index < -0.39 is 0 Å². The van der Waals surface area contributed by atoms with Gasteiger partial charge in [-0.05, 0) is 38.6 Å². The van der Waals surface area contributed by atoms with Crippen LogP contribution in [0.5, 0.6) is 0 Å². The molecule has 0 aromatic rings. The van der Waals surface area contributed by atoms with Crippen LogP contribution in [-0.4, -0.2) is 29.9 Å². The molecule has 0 spiro atoms. The van der Waals surface area contributed by atoms with E-state index >= 15 is 0 Å². The molecule has 2 atom stereocenters. The molecule has 0 radical (unpaired) electrons. The van der Waals surface area contributed by atoms with Crippen molar-refractivity contribution in [3.63, 3.8) is 0 Å². The lowest BCUT2D eigenvalue weighted by Crippen LogP contribution is -2.12. The number of halogens is 1. The monoisotopic (exact) mass is 277 g/mol. The third-order valence-corrected chi connectivity index (χ3v) is 3.53. The Morgan fingerprint density at radius 3 is 2.17 bits per heavy atom.